The van der Waals surface area contributed by atoms with E-state index in [4.69, 9.17) is 19.9 Å². The zero-order valence-electron chi connectivity index (χ0n) is 10.2. The Balaban J connectivity index is 3.16. The highest BCUT2D eigenvalue weighted by atomic mass is 32.1. The minimum Gasteiger partial charge on any atom is -0.382 e. The fourth-order valence-corrected chi connectivity index (χ4v) is 1.09. The molecule has 0 heterocycles. The molecule has 3 N–H and O–H groups in total. The number of ether oxygens (including phenoxy) is 3. The van der Waals surface area contributed by atoms with E-state index < -0.39 is 6.04 Å². The maximum Gasteiger partial charge on any atom is 0.237 e. The van der Waals surface area contributed by atoms with Gasteiger partial charge in [0.25, 0.3) is 0 Å². The van der Waals surface area contributed by atoms with E-state index in [9.17, 15) is 4.79 Å². The number of thiol groups is 1. The number of nitrogens with one attached hydrogen (secondary N) is 1. The second-order valence-electron chi connectivity index (χ2n) is 3.30. The monoisotopic (exact) mass is 266 g/mol. The smallest absolute Gasteiger partial charge is 0.237 e. The molecule has 0 bridgehead atoms. The molecule has 0 aliphatic heterocycles. The SMILES string of the molecule is COCCOCCOCCNC(=O)C(N)CS. The van der Waals surface area contributed by atoms with Crippen LogP contribution in [0.5, 0.6) is 0 Å². The molecule has 0 aliphatic rings. The molecule has 1 amide bonds. The van der Waals surface area contributed by atoms with Gasteiger partial charge in [0.15, 0.2) is 0 Å². The van der Waals surface area contributed by atoms with E-state index in [2.05, 4.69) is 17.9 Å². The van der Waals surface area contributed by atoms with E-state index in [1.165, 1.54) is 0 Å². The molecule has 0 aromatic carbocycles. The Kier molecular flexibility index (Phi) is 11.9. The molecule has 0 aliphatic carbocycles. The highest BCUT2D eigenvalue weighted by Crippen LogP contribution is 1.83. The van der Waals surface area contributed by atoms with Crippen molar-refractivity contribution in [2.45, 2.75) is 6.04 Å². The Morgan fingerprint density at radius 3 is 2.41 bits per heavy atom. The van der Waals surface area contributed by atoms with Crippen LogP contribution in [0.2, 0.25) is 0 Å². The van der Waals surface area contributed by atoms with Gasteiger partial charge in [-0.2, -0.15) is 12.6 Å². The lowest BCUT2D eigenvalue weighted by Gasteiger charge is -2.10. The summed E-state index contributed by atoms with van der Waals surface area (Å²) in [5.41, 5.74) is 5.46. The number of hydrogen-bond donors (Lipinski definition) is 3. The van der Waals surface area contributed by atoms with E-state index >= 15 is 0 Å². The number of carbonyl (C=O) groups excluding carboxylic acids is 1. The molecule has 17 heavy (non-hydrogen) atoms. The lowest BCUT2D eigenvalue weighted by atomic mass is 10.3. The molecule has 0 spiro atoms. The summed E-state index contributed by atoms with van der Waals surface area (Å²) in [5.74, 6) is 0.125. The van der Waals surface area contributed by atoms with Crippen molar-refractivity contribution in [2.24, 2.45) is 5.73 Å². The maximum atomic E-state index is 11.2. The summed E-state index contributed by atoms with van der Waals surface area (Å²) < 4.78 is 15.2. The number of hydrogen-bond acceptors (Lipinski definition) is 6. The van der Waals surface area contributed by atoms with Crippen molar-refractivity contribution in [1.82, 2.24) is 5.32 Å². The summed E-state index contributed by atoms with van der Waals surface area (Å²) in [5, 5.41) is 2.65. The number of nitrogens with two attached hydrogens (primary N) is 1. The van der Waals surface area contributed by atoms with Gasteiger partial charge in [0, 0.05) is 19.4 Å². The van der Waals surface area contributed by atoms with Crippen LogP contribution in [0.4, 0.5) is 0 Å². The first-order chi connectivity index (χ1) is 8.22. The molecule has 0 saturated heterocycles. The van der Waals surface area contributed by atoms with Gasteiger partial charge in [-0.1, -0.05) is 0 Å². The molecule has 1 atom stereocenters. The average Bonchev–Trinajstić information content (AvgIpc) is 2.35. The number of methoxy groups -OCH3 is 1. The second kappa shape index (κ2) is 12.1. The zero-order chi connectivity index (χ0) is 12.9. The molecular weight excluding hydrogens is 244 g/mol. The molecule has 1 unspecified atom stereocenters. The van der Waals surface area contributed by atoms with Crippen LogP contribution in [0.25, 0.3) is 0 Å². The van der Waals surface area contributed by atoms with Crippen molar-refractivity contribution in [3.63, 3.8) is 0 Å². The minimum atomic E-state index is -0.560. The van der Waals surface area contributed by atoms with Gasteiger partial charge in [-0.3, -0.25) is 4.79 Å². The van der Waals surface area contributed by atoms with Crippen LogP contribution in [-0.4, -0.2) is 64.4 Å². The van der Waals surface area contributed by atoms with Crippen LogP contribution >= 0.6 is 12.6 Å². The van der Waals surface area contributed by atoms with E-state index in [0.717, 1.165) is 0 Å². The highest BCUT2D eigenvalue weighted by Gasteiger charge is 2.09. The first kappa shape index (κ1) is 16.7. The second-order valence-corrected chi connectivity index (χ2v) is 3.66. The summed E-state index contributed by atoms with van der Waals surface area (Å²) in [6, 6.07) is -0.560. The van der Waals surface area contributed by atoms with Crippen LogP contribution in [0.15, 0.2) is 0 Å². The Labute approximate surface area is 108 Å². The fraction of sp³-hybridized carbons (Fsp3) is 0.900. The molecule has 6 nitrogen and oxygen atoms in total. The van der Waals surface area contributed by atoms with Crippen LogP contribution in [-0.2, 0) is 19.0 Å². The van der Waals surface area contributed by atoms with Crippen molar-refractivity contribution in [2.75, 3.05) is 52.4 Å². The predicted molar refractivity (Wildman–Crippen MR) is 68.4 cm³/mol. The van der Waals surface area contributed by atoms with Gasteiger partial charge in [0.2, 0.25) is 5.91 Å². The zero-order valence-corrected chi connectivity index (χ0v) is 11.1. The molecule has 0 rings (SSSR count). The summed E-state index contributed by atoms with van der Waals surface area (Å²) in [7, 11) is 1.62. The first-order valence-electron chi connectivity index (χ1n) is 5.51. The van der Waals surface area contributed by atoms with Crippen molar-refractivity contribution in [1.29, 1.82) is 0 Å². The van der Waals surface area contributed by atoms with Crippen molar-refractivity contribution in [3.05, 3.63) is 0 Å². The Bertz CT molecular complexity index is 195. The third-order valence-corrected chi connectivity index (χ3v) is 2.28. The predicted octanol–water partition coefficient (Wildman–Crippen LogP) is -0.961. The van der Waals surface area contributed by atoms with Gasteiger partial charge < -0.3 is 25.3 Å². The van der Waals surface area contributed by atoms with Gasteiger partial charge >= 0.3 is 0 Å². The summed E-state index contributed by atoms with van der Waals surface area (Å²) in [6.45, 7) is 3.05. The van der Waals surface area contributed by atoms with Gasteiger partial charge in [-0.25, -0.2) is 0 Å². The van der Waals surface area contributed by atoms with E-state index in [0.29, 0.717) is 45.3 Å². The molecule has 0 saturated carbocycles. The molecular formula is C10H22N2O4S. The average molecular weight is 266 g/mol. The molecule has 0 radical (unpaired) electrons. The molecule has 102 valence electrons. The van der Waals surface area contributed by atoms with Gasteiger partial charge in [-0.15, -0.1) is 0 Å². The normalized spacial score (nSPS) is 12.4. The quantitative estimate of drug-likeness (QED) is 0.331. The van der Waals surface area contributed by atoms with Crippen molar-refractivity contribution in [3.8, 4) is 0 Å². The Morgan fingerprint density at radius 1 is 1.24 bits per heavy atom. The summed E-state index contributed by atoms with van der Waals surface area (Å²) >= 11 is 3.93. The molecule has 7 heteroatoms. The number of amides is 1. The topological polar surface area (TPSA) is 82.8 Å². The van der Waals surface area contributed by atoms with E-state index in [-0.39, 0.29) is 5.91 Å². The van der Waals surface area contributed by atoms with Crippen molar-refractivity contribution < 1.29 is 19.0 Å². The first-order valence-corrected chi connectivity index (χ1v) is 6.14. The Hall–Kier alpha value is -0.340. The fourth-order valence-electron chi connectivity index (χ4n) is 0.925. The maximum absolute atomic E-state index is 11.2. The molecule has 0 aromatic heterocycles. The molecule has 0 aromatic rings. The van der Waals surface area contributed by atoms with E-state index in [1.807, 2.05) is 0 Å². The van der Waals surface area contributed by atoms with Crippen LogP contribution in [0, 0.1) is 0 Å². The highest BCUT2D eigenvalue weighted by molar-refractivity contribution is 7.80. The largest absolute Gasteiger partial charge is 0.382 e. The van der Waals surface area contributed by atoms with E-state index in [1.54, 1.807) is 7.11 Å². The Morgan fingerprint density at radius 2 is 1.82 bits per heavy atom. The summed E-state index contributed by atoms with van der Waals surface area (Å²) in [6.07, 6.45) is 0. The number of rotatable bonds is 11. The standard InChI is InChI=1S/C10H22N2O4S/c1-14-4-5-16-7-6-15-3-2-12-10(13)9(11)8-17/h9,17H,2-8,11H2,1H3,(H,12,13). The lowest BCUT2D eigenvalue weighted by molar-refractivity contribution is -0.122. The minimum absolute atomic E-state index is 0.208. The number of carbonyl (C=O) groups is 1. The van der Waals surface area contributed by atoms with Crippen LogP contribution in [0.3, 0.4) is 0 Å². The van der Waals surface area contributed by atoms with Gasteiger partial charge in [-0.05, 0) is 0 Å². The third-order valence-electron chi connectivity index (χ3n) is 1.88. The third kappa shape index (κ3) is 10.5. The van der Waals surface area contributed by atoms with Gasteiger partial charge in [0.05, 0.1) is 39.1 Å². The lowest BCUT2D eigenvalue weighted by Crippen LogP contribution is -2.43. The molecule has 0 fully saturated rings. The van der Waals surface area contributed by atoms with Crippen molar-refractivity contribution >= 4 is 18.5 Å². The summed E-state index contributed by atoms with van der Waals surface area (Å²) in [4.78, 5) is 11.2. The van der Waals surface area contributed by atoms with Gasteiger partial charge in [0.1, 0.15) is 0 Å². The van der Waals surface area contributed by atoms with Crippen LogP contribution < -0.4 is 11.1 Å². The van der Waals surface area contributed by atoms with Crippen LogP contribution in [0.1, 0.15) is 0 Å².